The second kappa shape index (κ2) is 5.55. The number of benzene rings is 1. The Bertz CT molecular complexity index is 764. The fourth-order valence-corrected chi connectivity index (χ4v) is 3.37. The molecule has 3 rings (SSSR count). The highest BCUT2D eigenvalue weighted by molar-refractivity contribution is 6.16. The van der Waals surface area contributed by atoms with Crippen molar-refractivity contribution in [3.05, 3.63) is 46.7 Å². The molecule has 1 fully saturated rings. The number of fused-ring (bicyclic) bond motifs is 1. The van der Waals surface area contributed by atoms with E-state index < -0.39 is 40.4 Å². The molecule has 0 saturated carbocycles. The minimum atomic E-state index is -1.55. The number of aliphatic carboxylic acids is 1. The number of nitrogens with zero attached hydrogens (tertiary/aromatic N) is 2. The Hall–Kier alpha value is -2.48. The van der Waals surface area contributed by atoms with Gasteiger partial charge in [-0.25, -0.2) is 18.6 Å². The summed E-state index contributed by atoms with van der Waals surface area (Å²) in [6.07, 6.45) is 1.08. The van der Waals surface area contributed by atoms with Crippen molar-refractivity contribution in [1.29, 1.82) is 0 Å². The normalized spacial score (nSPS) is 24.5. The standard InChI is InChI=1S/C16H16F2N2O4/c1-16-6-3-7-20(16)19(14(22)11(13(16)21)15(23)24)8-9-4-2-5-10(17)12(9)18/h2,4-5,21H,3,6-8H2,1H3,(H,23,24). The van der Waals surface area contributed by atoms with Crippen molar-refractivity contribution >= 4 is 11.9 Å². The Kier molecular flexibility index (Phi) is 3.79. The molecule has 1 amide bonds. The Balaban J connectivity index is 2.06. The van der Waals surface area contributed by atoms with Crippen LogP contribution in [0.2, 0.25) is 0 Å². The molecule has 2 aliphatic heterocycles. The first-order valence-electron chi connectivity index (χ1n) is 7.46. The molecule has 1 aromatic carbocycles. The summed E-state index contributed by atoms with van der Waals surface area (Å²) < 4.78 is 27.4. The van der Waals surface area contributed by atoms with Gasteiger partial charge in [-0.15, -0.1) is 0 Å². The van der Waals surface area contributed by atoms with E-state index in [-0.39, 0.29) is 12.1 Å². The number of rotatable bonds is 3. The minimum absolute atomic E-state index is 0.0660. The number of halogens is 2. The molecule has 1 unspecified atom stereocenters. The zero-order valence-electron chi connectivity index (χ0n) is 12.9. The van der Waals surface area contributed by atoms with E-state index in [9.17, 15) is 28.6 Å². The van der Waals surface area contributed by atoms with Crippen LogP contribution in [0.15, 0.2) is 29.5 Å². The van der Waals surface area contributed by atoms with Crippen LogP contribution in [0.25, 0.3) is 0 Å². The lowest BCUT2D eigenvalue weighted by Crippen LogP contribution is -2.60. The van der Waals surface area contributed by atoms with Crippen LogP contribution in [0.1, 0.15) is 25.3 Å². The monoisotopic (exact) mass is 338 g/mol. The van der Waals surface area contributed by atoms with Crippen LogP contribution in [0, 0.1) is 11.6 Å². The number of carbonyl (C=O) groups excluding carboxylic acids is 1. The topological polar surface area (TPSA) is 81.1 Å². The maximum absolute atomic E-state index is 13.9. The third kappa shape index (κ3) is 2.25. The van der Waals surface area contributed by atoms with Gasteiger partial charge in [0.2, 0.25) is 0 Å². The summed E-state index contributed by atoms with van der Waals surface area (Å²) in [4.78, 5) is 23.9. The van der Waals surface area contributed by atoms with E-state index in [0.29, 0.717) is 19.4 Å². The van der Waals surface area contributed by atoms with Crippen LogP contribution in [0.5, 0.6) is 0 Å². The summed E-state index contributed by atoms with van der Waals surface area (Å²) in [6.45, 7) is 1.71. The molecule has 8 heteroatoms. The second-order valence-corrected chi connectivity index (χ2v) is 6.11. The summed E-state index contributed by atoms with van der Waals surface area (Å²) >= 11 is 0. The van der Waals surface area contributed by atoms with Crippen LogP contribution >= 0.6 is 0 Å². The van der Waals surface area contributed by atoms with Crippen molar-refractivity contribution < 1.29 is 28.6 Å². The lowest BCUT2D eigenvalue weighted by atomic mass is 9.91. The lowest BCUT2D eigenvalue weighted by molar-refractivity contribution is -0.162. The van der Waals surface area contributed by atoms with Gasteiger partial charge >= 0.3 is 5.97 Å². The molecule has 0 aromatic heterocycles. The van der Waals surface area contributed by atoms with Crippen LogP contribution in [-0.2, 0) is 16.1 Å². The Morgan fingerprint density at radius 1 is 1.38 bits per heavy atom. The Labute approximate surface area is 136 Å². The summed E-state index contributed by atoms with van der Waals surface area (Å²) in [6, 6.07) is 3.61. The molecule has 0 radical (unpaired) electrons. The average Bonchev–Trinajstić information content (AvgIpc) is 2.91. The van der Waals surface area contributed by atoms with Gasteiger partial charge in [-0.3, -0.25) is 9.80 Å². The average molecular weight is 338 g/mol. The predicted octanol–water partition coefficient (Wildman–Crippen LogP) is 1.97. The smallest absolute Gasteiger partial charge is 0.344 e. The van der Waals surface area contributed by atoms with Gasteiger partial charge in [0.25, 0.3) is 5.91 Å². The molecular weight excluding hydrogens is 322 g/mol. The molecule has 128 valence electrons. The van der Waals surface area contributed by atoms with Crippen LogP contribution in [-0.4, -0.2) is 44.2 Å². The number of carbonyl (C=O) groups is 2. The molecule has 2 heterocycles. The third-order valence-corrected chi connectivity index (χ3v) is 4.66. The van der Waals surface area contributed by atoms with Crippen molar-refractivity contribution in [3.63, 3.8) is 0 Å². The number of aliphatic hydroxyl groups is 1. The van der Waals surface area contributed by atoms with Gasteiger partial charge in [0.05, 0.1) is 12.1 Å². The van der Waals surface area contributed by atoms with Crippen molar-refractivity contribution in [2.75, 3.05) is 6.54 Å². The highest BCUT2D eigenvalue weighted by Gasteiger charge is 2.52. The van der Waals surface area contributed by atoms with Gasteiger partial charge in [-0.2, -0.15) is 0 Å². The lowest BCUT2D eigenvalue weighted by Gasteiger charge is -2.46. The SMILES string of the molecule is CC12CCCN1N(Cc1cccc(F)c1F)C(=O)C(C(=O)O)=C2O. The van der Waals surface area contributed by atoms with Gasteiger partial charge in [-0.1, -0.05) is 12.1 Å². The highest BCUT2D eigenvalue weighted by atomic mass is 19.2. The molecule has 6 nitrogen and oxygen atoms in total. The van der Waals surface area contributed by atoms with E-state index in [0.717, 1.165) is 11.1 Å². The van der Waals surface area contributed by atoms with Gasteiger partial charge < -0.3 is 10.2 Å². The number of hydrogen-bond donors (Lipinski definition) is 2. The van der Waals surface area contributed by atoms with Crippen LogP contribution < -0.4 is 0 Å². The quantitative estimate of drug-likeness (QED) is 0.824. The molecule has 0 bridgehead atoms. The molecule has 24 heavy (non-hydrogen) atoms. The number of carboxylic acids is 1. The molecule has 2 aliphatic rings. The van der Waals surface area contributed by atoms with Gasteiger partial charge in [-0.05, 0) is 25.8 Å². The second-order valence-electron chi connectivity index (χ2n) is 6.11. The number of amides is 1. The molecule has 1 atom stereocenters. The largest absolute Gasteiger partial charge is 0.509 e. The summed E-state index contributed by atoms with van der Waals surface area (Å²) in [5.74, 6) is -5.11. The predicted molar refractivity (Wildman–Crippen MR) is 78.5 cm³/mol. The van der Waals surface area contributed by atoms with Crippen molar-refractivity contribution in [2.45, 2.75) is 31.8 Å². The van der Waals surface area contributed by atoms with Crippen molar-refractivity contribution in [3.8, 4) is 0 Å². The first-order valence-corrected chi connectivity index (χ1v) is 7.46. The highest BCUT2D eigenvalue weighted by Crippen LogP contribution is 2.41. The number of hydrazine groups is 1. The molecule has 0 aliphatic carbocycles. The van der Waals surface area contributed by atoms with Gasteiger partial charge in [0.15, 0.2) is 17.2 Å². The Morgan fingerprint density at radius 3 is 2.75 bits per heavy atom. The molecule has 0 spiro atoms. The minimum Gasteiger partial charge on any atom is -0.509 e. The number of carboxylic acid groups (broad SMARTS) is 1. The van der Waals surface area contributed by atoms with Gasteiger partial charge in [0.1, 0.15) is 5.76 Å². The summed E-state index contributed by atoms with van der Waals surface area (Å²) in [5.41, 5.74) is -1.85. The fourth-order valence-electron chi connectivity index (χ4n) is 3.37. The zero-order valence-corrected chi connectivity index (χ0v) is 12.9. The maximum atomic E-state index is 13.9. The van der Waals surface area contributed by atoms with Crippen LogP contribution in [0.4, 0.5) is 8.78 Å². The van der Waals surface area contributed by atoms with E-state index in [4.69, 9.17) is 0 Å². The van der Waals surface area contributed by atoms with Gasteiger partial charge in [0, 0.05) is 12.1 Å². The van der Waals surface area contributed by atoms with E-state index >= 15 is 0 Å². The zero-order chi connectivity index (χ0) is 17.6. The molecule has 2 N–H and O–H groups in total. The van der Waals surface area contributed by atoms with Crippen LogP contribution in [0.3, 0.4) is 0 Å². The fraction of sp³-hybridized carbons (Fsp3) is 0.375. The first-order chi connectivity index (χ1) is 11.3. The molecule has 1 aromatic rings. The van der Waals surface area contributed by atoms with Crippen molar-refractivity contribution in [2.24, 2.45) is 0 Å². The Morgan fingerprint density at radius 2 is 2.08 bits per heavy atom. The third-order valence-electron chi connectivity index (χ3n) is 4.66. The number of hydrogen-bond acceptors (Lipinski definition) is 4. The molecular formula is C16H16F2N2O4. The summed E-state index contributed by atoms with van der Waals surface area (Å²) in [5, 5.41) is 22.2. The van der Waals surface area contributed by atoms with Crippen molar-refractivity contribution in [1.82, 2.24) is 10.0 Å². The maximum Gasteiger partial charge on any atom is 0.344 e. The number of aliphatic hydroxyl groups excluding tert-OH is 1. The molecule has 1 saturated heterocycles. The van der Waals surface area contributed by atoms with E-state index in [1.165, 1.54) is 17.1 Å². The summed E-state index contributed by atoms with van der Waals surface area (Å²) in [7, 11) is 0. The first kappa shape index (κ1) is 16.4. The van der Waals surface area contributed by atoms with E-state index in [1.54, 1.807) is 6.92 Å². The van der Waals surface area contributed by atoms with E-state index in [1.807, 2.05) is 0 Å². The van der Waals surface area contributed by atoms with E-state index in [2.05, 4.69) is 0 Å².